The summed E-state index contributed by atoms with van der Waals surface area (Å²) < 4.78 is 1.36. The zero-order chi connectivity index (χ0) is 24.4. The number of azo groups is 1. The molecule has 0 atom stereocenters. The largest absolute Gasteiger partial charge is 0.481 e. The average molecular weight is 503 g/mol. The number of carbonyl (C=O) groups is 1. The van der Waals surface area contributed by atoms with Crippen LogP contribution in [-0.2, 0) is 11.2 Å². The molecule has 0 saturated heterocycles. The predicted octanol–water partition coefficient (Wildman–Crippen LogP) is 5.76. The molecule has 11 heteroatoms. The van der Waals surface area contributed by atoms with E-state index in [1.807, 2.05) is 66.0 Å². The molecule has 0 aliphatic rings. The number of aliphatic carboxylic acids is 1. The van der Waals surface area contributed by atoms with E-state index in [0.29, 0.717) is 21.4 Å². The third-order valence-corrected chi connectivity index (χ3v) is 6.98. The minimum absolute atomic E-state index is 0.111. The monoisotopic (exact) mass is 502 g/mol. The molecule has 0 aliphatic heterocycles. The predicted molar refractivity (Wildman–Crippen MR) is 135 cm³/mol. The Labute approximate surface area is 207 Å². The minimum Gasteiger partial charge on any atom is -0.481 e. The minimum atomic E-state index is -0.946. The fraction of sp³-hybridized carbons (Fsp3) is 0.0833. The first-order chi connectivity index (χ1) is 17.0. The van der Waals surface area contributed by atoms with Gasteiger partial charge in [0, 0.05) is 21.4 Å². The van der Waals surface area contributed by atoms with Gasteiger partial charge in [0.1, 0.15) is 0 Å². The van der Waals surface area contributed by atoms with E-state index in [4.69, 9.17) is 5.11 Å². The van der Waals surface area contributed by atoms with E-state index in [-0.39, 0.29) is 17.2 Å². The van der Waals surface area contributed by atoms with Crippen molar-refractivity contribution in [2.75, 3.05) is 0 Å². The molecule has 0 aliphatic carbocycles. The van der Waals surface area contributed by atoms with Gasteiger partial charge in [0.05, 0.1) is 23.5 Å². The number of thiazole rings is 2. The molecule has 3 heterocycles. The summed E-state index contributed by atoms with van der Waals surface area (Å²) in [6.07, 6.45) is -0.140. The molecule has 35 heavy (non-hydrogen) atoms. The third-order valence-electron chi connectivity index (χ3n) is 5.11. The van der Waals surface area contributed by atoms with Crippen LogP contribution in [0, 0.1) is 6.92 Å². The molecule has 0 unspecified atom stereocenters. The second-order valence-corrected chi connectivity index (χ2v) is 9.40. The topological polar surface area (TPSA) is 126 Å². The summed E-state index contributed by atoms with van der Waals surface area (Å²) in [6.45, 7) is 1.72. The number of benzene rings is 2. The normalized spacial score (nSPS) is 11.3. The molecular formula is C24H18N6O3S2. The lowest BCUT2D eigenvalue weighted by Crippen LogP contribution is -2.13. The van der Waals surface area contributed by atoms with Gasteiger partial charge in [-0.25, -0.2) is 9.97 Å². The zero-order valence-electron chi connectivity index (χ0n) is 18.4. The molecule has 9 nitrogen and oxygen atoms in total. The van der Waals surface area contributed by atoms with Crippen LogP contribution in [-0.4, -0.2) is 30.8 Å². The molecule has 3 aromatic heterocycles. The molecule has 174 valence electrons. The Morgan fingerprint density at radius 3 is 2.40 bits per heavy atom. The summed E-state index contributed by atoms with van der Waals surface area (Å²) in [5.41, 5.74) is 3.27. The first-order valence-corrected chi connectivity index (χ1v) is 12.2. The Bertz CT molecular complexity index is 1580. The highest BCUT2D eigenvalue weighted by molar-refractivity contribution is 7.15. The van der Waals surface area contributed by atoms with Crippen molar-refractivity contribution >= 4 is 39.5 Å². The zero-order valence-corrected chi connectivity index (χ0v) is 20.0. The summed E-state index contributed by atoms with van der Waals surface area (Å²) in [4.78, 5) is 34.0. The van der Waals surface area contributed by atoms with E-state index in [1.165, 1.54) is 16.0 Å². The van der Waals surface area contributed by atoms with Crippen molar-refractivity contribution in [3.05, 3.63) is 87.0 Å². The Balaban J connectivity index is 1.56. The number of hydrogen-bond donors (Lipinski definition) is 2. The fourth-order valence-corrected chi connectivity index (χ4v) is 5.08. The molecule has 0 radical (unpaired) electrons. The molecule has 2 N–H and O–H groups in total. The smallest absolute Gasteiger partial charge is 0.308 e. The number of rotatable bonds is 7. The van der Waals surface area contributed by atoms with Crippen LogP contribution in [0.2, 0.25) is 0 Å². The van der Waals surface area contributed by atoms with Crippen LogP contribution < -0.4 is 5.56 Å². The Morgan fingerprint density at radius 1 is 1.03 bits per heavy atom. The summed E-state index contributed by atoms with van der Waals surface area (Å²) in [6, 6.07) is 19.1. The molecular weight excluding hydrogens is 484 g/mol. The lowest BCUT2D eigenvalue weighted by atomic mass is 10.1. The van der Waals surface area contributed by atoms with Gasteiger partial charge in [0.25, 0.3) is 0 Å². The van der Waals surface area contributed by atoms with E-state index in [2.05, 4.69) is 25.3 Å². The van der Waals surface area contributed by atoms with E-state index >= 15 is 0 Å². The Morgan fingerprint density at radius 2 is 1.71 bits per heavy atom. The molecule has 0 amide bonds. The number of nitrogens with one attached hydrogen (secondary N) is 1. The fourth-order valence-electron chi connectivity index (χ4n) is 3.42. The van der Waals surface area contributed by atoms with Crippen molar-refractivity contribution in [2.45, 2.75) is 13.3 Å². The summed E-state index contributed by atoms with van der Waals surface area (Å²) in [7, 11) is 0. The van der Waals surface area contributed by atoms with Gasteiger partial charge in [0.2, 0.25) is 10.3 Å². The average Bonchev–Trinajstić information content (AvgIpc) is 3.56. The van der Waals surface area contributed by atoms with Crippen molar-refractivity contribution in [1.82, 2.24) is 19.7 Å². The first kappa shape index (κ1) is 22.6. The molecule has 2 aromatic carbocycles. The summed E-state index contributed by atoms with van der Waals surface area (Å²) in [5.74, 6) is -0.946. The first-order valence-electron chi connectivity index (χ1n) is 10.5. The van der Waals surface area contributed by atoms with Crippen LogP contribution in [0.15, 0.2) is 81.1 Å². The van der Waals surface area contributed by atoms with Gasteiger partial charge >= 0.3 is 11.5 Å². The van der Waals surface area contributed by atoms with Crippen molar-refractivity contribution in [2.24, 2.45) is 10.2 Å². The molecule has 0 bridgehead atoms. The second-order valence-electron chi connectivity index (χ2n) is 7.50. The van der Waals surface area contributed by atoms with Gasteiger partial charge in [-0.15, -0.1) is 21.6 Å². The molecule has 0 spiro atoms. The quantitative estimate of drug-likeness (QED) is 0.274. The van der Waals surface area contributed by atoms with Gasteiger partial charge in [-0.3, -0.25) is 14.7 Å². The van der Waals surface area contributed by atoms with E-state index in [9.17, 15) is 9.59 Å². The number of hydrogen-bond acceptors (Lipinski definition) is 8. The molecule has 5 rings (SSSR count). The maximum Gasteiger partial charge on any atom is 0.308 e. The number of aromatic amines is 1. The molecule has 0 saturated carbocycles. The van der Waals surface area contributed by atoms with Crippen LogP contribution in [0.25, 0.3) is 27.6 Å². The van der Waals surface area contributed by atoms with Crippen LogP contribution in [0.3, 0.4) is 0 Å². The van der Waals surface area contributed by atoms with Gasteiger partial charge in [-0.1, -0.05) is 72.0 Å². The van der Waals surface area contributed by atoms with Crippen molar-refractivity contribution in [3.63, 3.8) is 0 Å². The lowest BCUT2D eigenvalue weighted by Gasteiger charge is -1.99. The number of H-pyrrole nitrogens is 1. The van der Waals surface area contributed by atoms with Crippen LogP contribution in [0.5, 0.6) is 0 Å². The molecule has 0 fully saturated rings. The number of aromatic nitrogens is 4. The molecule has 5 aromatic rings. The Kier molecular flexibility index (Phi) is 6.17. The van der Waals surface area contributed by atoms with E-state index in [1.54, 1.807) is 6.92 Å². The Hall–Kier alpha value is -4.22. The van der Waals surface area contributed by atoms with Gasteiger partial charge in [-0.2, -0.15) is 4.68 Å². The highest BCUT2D eigenvalue weighted by Gasteiger charge is 2.19. The van der Waals surface area contributed by atoms with Crippen LogP contribution in [0.1, 0.15) is 10.6 Å². The number of carboxylic acid groups (broad SMARTS) is 1. The van der Waals surface area contributed by atoms with Crippen LogP contribution in [0.4, 0.5) is 10.8 Å². The van der Waals surface area contributed by atoms with E-state index < -0.39 is 11.5 Å². The second kappa shape index (κ2) is 9.57. The van der Waals surface area contributed by atoms with E-state index in [0.717, 1.165) is 28.2 Å². The highest BCUT2D eigenvalue weighted by atomic mass is 32.1. The van der Waals surface area contributed by atoms with Crippen molar-refractivity contribution in [1.29, 1.82) is 0 Å². The maximum atomic E-state index is 13.4. The van der Waals surface area contributed by atoms with Gasteiger partial charge in [0.15, 0.2) is 5.69 Å². The van der Waals surface area contributed by atoms with Crippen LogP contribution >= 0.6 is 22.7 Å². The maximum absolute atomic E-state index is 13.4. The third kappa shape index (κ3) is 4.72. The highest BCUT2D eigenvalue weighted by Crippen LogP contribution is 2.31. The number of aryl methyl sites for hydroxylation is 1. The lowest BCUT2D eigenvalue weighted by molar-refractivity contribution is -0.136. The van der Waals surface area contributed by atoms with Crippen molar-refractivity contribution in [3.8, 4) is 27.6 Å². The summed E-state index contributed by atoms with van der Waals surface area (Å²) in [5, 5.41) is 23.2. The van der Waals surface area contributed by atoms with Crippen molar-refractivity contribution < 1.29 is 9.90 Å². The van der Waals surface area contributed by atoms with Gasteiger partial charge < -0.3 is 5.11 Å². The number of nitrogens with zero attached hydrogens (tertiary/aromatic N) is 5. The number of carboxylic acids is 1. The standard InChI is InChI=1S/C24H18N6O3S2/c1-14-18(12-19(31)32)35-23(25-14)28-27-21-20(16-10-6-3-7-11-16)29-30(22(21)33)24-26-17(13-34-24)15-8-4-2-5-9-15/h2-11,13,29H,12H2,1H3,(H,31,32). The summed E-state index contributed by atoms with van der Waals surface area (Å²) >= 11 is 2.47. The SMILES string of the molecule is Cc1nc(N=Nc2c(-c3ccccc3)[nH]n(-c3nc(-c4ccccc4)cs3)c2=O)sc1CC(=O)O. The van der Waals surface area contributed by atoms with Gasteiger partial charge in [-0.05, 0) is 6.92 Å².